The summed E-state index contributed by atoms with van der Waals surface area (Å²) >= 11 is 0. The van der Waals surface area contributed by atoms with Gasteiger partial charge in [0.2, 0.25) is 5.91 Å². The number of carbonyl (C=O) groups is 1. The fourth-order valence-electron chi connectivity index (χ4n) is 4.98. The summed E-state index contributed by atoms with van der Waals surface area (Å²) in [5.74, 6) is -0.870. The van der Waals surface area contributed by atoms with Gasteiger partial charge in [0, 0.05) is 42.5 Å². The zero-order valence-electron chi connectivity index (χ0n) is 17.0. The van der Waals surface area contributed by atoms with Gasteiger partial charge in [-0.1, -0.05) is 12.1 Å². The van der Waals surface area contributed by atoms with Crippen molar-refractivity contribution in [2.75, 3.05) is 24.5 Å². The van der Waals surface area contributed by atoms with Crippen molar-refractivity contribution in [1.29, 1.82) is 5.26 Å². The largest absolute Gasteiger partial charge is 0.347 e. The number of nitriles is 1. The van der Waals surface area contributed by atoms with Crippen molar-refractivity contribution < 1.29 is 13.6 Å². The molecule has 6 nitrogen and oxygen atoms in total. The third kappa shape index (κ3) is 3.53. The van der Waals surface area contributed by atoms with Gasteiger partial charge in [0.05, 0.1) is 12.1 Å². The van der Waals surface area contributed by atoms with Crippen molar-refractivity contribution in [3.63, 3.8) is 0 Å². The lowest BCUT2D eigenvalue weighted by Crippen LogP contribution is -2.57. The Hall–Kier alpha value is -3.05. The molecule has 3 aliphatic rings. The van der Waals surface area contributed by atoms with Crippen molar-refractivity contribution in [1.82, 2.24) is 15.2 Å². The lowest BCUT2D eigenvalue weighted by atomic mass is 10.0. The maximum absolute atomic E-state index is 14.2. The maximum Gasteiger partial charge on any atom is 0.236 e. The van der Waals surface area contributed by atoms with Gasteiger partial charge in [0.25, 0.3) is 0 Å². The van der Waals surface area contributed by atoms with Gasteiger partial charge in [0.1, 0.15) is 11.9 Å². The molecule has 2 unspecified atom stereocenters. The first kappa shape index (κ1) is 19.9. The second-order valence-electron chi connectivity index (χ2n) is 8.64. The smallest absolute Gasteiger partial charge is 0.236 e. The molecular weight excluding hydrogens is 400 g/mol. The van der Waals surface area contributed by atoms with Crippen molar-refractivity contribution in [2.24, 2.45) is 0 Å². The van der Waals surface area contributed by atoms with E-state index in [1.54, 1.807) is 18.3 Å². The highest BCUT2D eigenvalue weighted by atomic mass is 19.2. The van der Waals surface area contributed by atoms with Gasteiger partial charge in [-0.25, -0.2) is 13.8 Å². The molecule has 0 spiro atoms. The number of benzene rings is 1. The van der Waals surface area contributed by atoms with Gasteiger partial charge in [-0.15, -0.1) is 0 Å². The first-order valence-corrected chi connectivity index (χ1v) is 10.6. The molecule has 2 bridgehead atoms. The lowest BCUT2D eigenvalue weighted by molar-refractivity contribution is -0.131. The summed E-state index contributed by atoms with van der Waals surface area (Å²) in [5.41, 5.74) is 0.187. The van der Waals surface area contributed by atoms with Gasteiger partial charge in [0.15, 0.2) is 11.6 Å². The number of hydrogen-bond acceptors (Lipinski definition) is 5. The lowest BCUT2D eigenvalue weighted by Gasteiger charge is -2.42. The first-order chi connectivity index (χ1) is 15.0. The number of hydrogen-bond donors (Lipinski definition) is 1. The quantitative estimate of drug-likeness (QED) is 0.801. The van der Waals surface area contributed by atoms with Crippen molar-refractivity contribution in [3.8, 4) is 6.07 Å². The van der Waals surface area contributed by atoms with E-state index in [1.807, 2.05) is 11.0 Å². The van der Waals surface area contributed by atoms with Gasteiger partial charge >= 0.3 is 0 Å². The number of fused-ring (bicyclic) bond motifs is 2. The van der Waals surface area contributed by atoms with Gasteiger partial charge in [-0.05, 0) is 43.9 Å². The third-order valence-electron chi connectivity index (χ3n) is 6.77. The van der Waals surface area contributed by atoms with Crippen molar-refractivity contribution in [3.05, 3.63) is 59.3 Å². The summed E-state index contributed by atoms with van der Waals surface area (Å²) in [4.78, 5) is 21.5. The van der Waals surface area contributed by atoms with Crippen LogP contribution in [0.25, 0.3) is 0 Å². The molecule has 1 aliphatic carbocycles. The van der Waals surface area contributed by atoms with Crippen LogP contribution in [-0.4, -0.2) is 47.5 Å². The number of halogens is 2. The number of nitrogens with one attached hydrogen (secondary N) is 1. The second kappa shape index (κ2) is 7.57. The Morgan fingerprint density at radius 2 is 1.94 bits per heavy atom. The molecule has 1 amide bonds. The molecule has 8 heteroatoms. The molecular formula is C23H23F2N5O. The number of pyridine rings is 1. The van der Waals surface area contributed by atoms with Crippen LogP contribution < -0.4 is 10.2 Å². The second-order valence-corrected chi connectivity index (χ2v) is 8.64. The molecule has 1 saturated carbocycles. The molecule has 3 heterocycles. The van der Waals surface area contributed by atoms with Crippen LogP contribution in [-0.2, 0) is 10.3 Å². The van der Waals surface area contributed by atoms with Crippen LogP contribution in [0.4, 0.5) is 14.6 Å². The molecule has 5 rings (SSSR count). The molecule has 2 saturated heterocycles. The summed E-state index contributed by atoms with van der Waals surface area (Å²) in [6, 6.07) is 10.3. The molecule has 1 aromatic heterocycles. The predicted octanol–water partition coefficient (Wildman–Crippen LogP) is 2.69. The minimum atomic E-state index is -0.860. The average molecular weight is 423 g/mol. The first-order valence-electron chi connectivity index (χ1n) is 10.6. The zero-order valence-corrected chi connectivity index (χ0v) is 17.0. The summed E-state index contributed by atoms with van der Waals surface area (Å²) < 4.78 is 27.9. The molecule has 2 aliphatic heterocycles. The minimum absolute atomic E-state index is 0.0209. The summed E-state index contributed by atoms with van der Waals surface area (Å²) in [6.45, 7) is 1.32. The van der Waals surface area contributed by atoms with Gasteiger partial charge < -0.3 is 9.80 Å². The van der Waals surface area contributed by atoms with E-state index < -0.39 is 17.2 Å². The van der Waals surface area contributed by atoms with E-state index in [0.29, 0.717) is 37.1 Å². The Balaban J connectivity index is 1.23. The van der Waals surface area contributed by atoms with E-state index in [4.69, 9.17) is 5.26 Å². The Labute approximate surface area is 179 Å². The van der Waals surface area contributed by atoms with Crippen molar-refractivity contribution in [2.45, 2.75) is 43.3 Å². The predicted molar refractivity (Wildman–Crippen MR) is 110 cm³/mol. The molecule has 0 radical (unpaired) electrons. The van der Waals surface area contributed by atoms with E-state index >= 15 is 0 Å². The van der Waals surface area contributed by atoms with E-state index in [-0.39, 0.29) is 24.5 Å². The Bertz CT molecular complexity index is 1030. The van der Waals surface area contributed by atoms with Crippen molar-refractivity contribution >= 4 is 11.7 Å². The van der Waals surface area contributed by atoms with Crippen LogP contribution in [0.2, 0.25) is 0 Å². The maximum atomic E-state index is 14.2. The Morgan fingerprint density at radius 3 is 2.55 bits per heavy atom. The van der Waals surface area contributed by atoms with E-state index in [1.165, 1.54) is 6.07 Å². The molecule has 1 aromatic carbocycles. The molecule has 2 atom stereocenters. The van der Waals surface area contributed by atoms with E-state index in [0.717, 1.165) is 24.7 Å². The number of anilines is 1. The molecule has 3 fully saturated rings. The van der Waals surface area contributed by atoms with E-state index in [9.17, 15) is 13.6 Å². The van der Waals surface area contributed by atoms with Gasteiger partial charge in [-0.3, -0.25) is 10.1 Å². The van der Waals surface area contributed by atoms with Crippen LogP contribution in [0.3, 0.4) is 0 Å². The standard InChI is InChI=1S/C23H23F2N5O/c24-19-3-1-2-18(22(19)25)23(8-9-23)28-12-21(31)29-13-16-5-6-17(14-29)30(16)20-7-4-15(10-26)11-27-20/h1-4,7,11,16-17,28H,5-6,8-9,12-14H2. The highest BCUT2D eigenvalue weighted by Gasteiger charge is 2.47. The Kier molecular flexibility index (Phi) is 4.86. The van der Waals surface area contributed by atoms with Crippen LogP contribution in [0.1, 0.15) is 36.8 Å². The molecule has 1 N–H and O–H groups in total. The summed E-state index contributed by atoms with van der Waals surface area (Å²) in [7, 11) is 0. The van der Waals surface area contributed by atoms with Crippen LogP contribution >= 0.6 is 0 Å². The molecule has 31 heavy (non-hydrogen) atoms. The average Bonchev–Trinajstić information content (AvgIpc) is 3.53. The van der Waals surface area contributed by atoms with Gasteiger partial charge in [-0.2, -0.15) is 5.26 Å². The molecule has 160 valence electrons. The summed E-state index contributed by atoms with van der Waals surface area (Å²) in [6.07, 6.45) is 4.93. The number of amides is 1. The number of rotatable bonds is 5. The monoisotopic (exact) mass is 423 g/mol. The number of nitrogens with zero attached hydrogens (tertiary/aromatic N) is 4. The zero-order chi connectivity index (χ0) is 21.6. The number of piperazine rings is 1. The highest BCUT2D eigenvalue weighted by molar-refractivity contribution is 5.79. The normalized spacial score (nSPS) is 23.5. The van der Waals surface area contributed by atoms with Crippen LogP contribution in [0.5, 0.6) is 0 Å². The topological polar surface area (TPSA) is 72.3 Å². The summed E-state index contributed by atoms with van der Waals surface area (Å²) in [5, 5.41) is 12.2. The van der Waals surface area contributed by atoms with Crippen LogP contribution in [0.15, 0.2) is 36.5 Å². The third-order valence-corrected chi connectivity index (χ3v) is 6.77. The minimum Gasteiger partial charge on any atom is -0.347 e. The SMILES string of the molecule is N#Cc1ccc(N2C3CCC2CN(C(=O)CNC2(c4cccc(F)c4F)CC2)C3)nc1. The fourth-order valence-corrected chi connectivity index (χ4v) is 4.98. The number of aromatic nitrogens is 1. The number of likely N-dealkylation sites (tertiary alicyclic amines) is 1. The van der Waals surface area contributed by atoms with E-state index in [2.05, 4.69) is 21.3 Å². The van der Waals surface area contributed by atoms with Crippen LogP contribution in [0, 0.1) is 23.0 Å². The fraction of sp³-hybridized carbons (Fsp3) is 0.435. The highest BCUT2D eigenvalue weighted by Crippen LogP contribution is 2.46. The Morgan fingerprint density at radius 1 is 1.19 bits per heavy atom. The molecule has 2 aromatic rings. The number of carbonyl (C=O) groups excluding carboxylic acids is 1.